The molecule has 0 aliphatic heterocycles. The van der Waals surface area contributed by atoms with E-state index in [1.165, 1.54) is 17.5 Å². The maximum Gasteiger partial charge on any atom is 0.333 e. The zero-order valence-corrected chi connectivity index (χ0v) is 25.2. The Hall–Kier alpha value is -3.62. The molecule has 42 heavy (non-hydrogen) atoms. The second-order valence-corrected chi connectivity index (χ2v) is 11.3. The van der Waals surface area contributed by atoms with Crippen LogP contribution in [0.25, 0.3) is 0 Å². The first-order chi connectivity index (χ1) is 19.9. The Bertz CT molecular complexity index is 1180. The molecular formula is C34H44O8. The maximum absolute atomic E-state index is 11.6. The highest BCUT2D eigenvalue weighted by atomic mass is 16.6. The van der Waals surface area contributed by atoms with Gasteiger partial charge in [-0.25, -0.2) is 9.59 Å². The van der Waals surface area contributed by atoms with E-state index in [0.717, 1.165) is 36.8 Å². The molecule has 0 spiro atoms. The molecule has 2 aromatic carbocycles. The van der Waals surface area contributed by atoms with Crippen LogP contribution in [0, 0.1) is 13.8 Å². The Morgan fingerprint density at radius 1 is 0.738 bits per heavy atom. The van der Waals surface area contributed by atoms with Gasteiger partial charge in [0.05, 0.1) is 0 Å². The lowest BCUT2D eigenvalue weighted by atomic mass is 9.65. The molecule has 2 N–H and O–H groups in total. The number of esters is 2. The molecular weight excluding hydrogens is 536 g/mol. The molecule has 1 aliphatic carbocycles. The average molecular weight is 581 g/mol. The van der Waals surface area contributed by atoms with Gasteiger partial charge in [-0.05, 0) is 74.9 Å². The lowest BCUT2D eigenvalue weighted by Crippen LogP contribution is -2.31. The molecule has 1 aliphatic rings. The predicted octanol–water partition coefficient (Wildman–Crippen LogP) is 5.27. The first kappa shape index (κ1) is 32.9. The standard InChI is InChI=1S/C34H44O8/c1-22(2)32(37)41-20-28(35)18-39-30-12-10-26(16-24(30)5)34(14-8-7-9-15-34)27-11-13-31(25(6)17-27)40-19-29(36)21-42-33(38)23(3)4/h10-13,16-17,28-29,35-36H,1,3,7-9,14-15,18-21H2,2,4-6H3. The van der Waals surface area contributed by atoms with E-state index in [1.807, 2.05) is 26.0 Å². The summed E-state index contributed by atoms with van der Waals surface area (Å²) in [6.45, 7) is 13.8. The normalized spacial score (nSPS) is 15.7. The number of aliphatic hydroxyl groups excluding tert-OH is 2. The van der Waals surface area contributed by atoms with E-state index in [4.69, 9.17) is 18.9 Å². The van der Waals surface area contributed by atoms with Crippen LogP contribution in [-0.2, 0) is 24.5 Å². The molecule has 8 nitrogen and oxygen atoms in total. The van der Waals surface area contributed by atoms with Crippen molar-refractivity contribution in [3.8, 4) is 11.5 Å². The van der Waals surface area contributed by atoms with Gasteiger partial charge in [-0.15, -0.1) is 0 Å². The van der Waals surface area contributed by atoms with Gasteiger partial charge in [0.1, 0.15) is 50.1 Å². The molecule has 0 radical (unpaired) electrons. The summed E-state index contributed by atoms with van der Waals surface area (Å²) in [6, 6.07) is 12.4. The van der Waals surface area contributed by atoms with Crippen molar-refractivity contribution in [1.82, 2.24) is 0 Å². The molecule has 0 amide bonds. The van der Waals surface area contributed by atoms with Crippen LogP contribution in [0.3, 0.4) is 0 Å². The molecule has 2 unspecified atom stereocenters. The number of hydrogen-bond donors (Lipinski definition) is 2. The van der Waals surface area contributed by atoms with Crippen molar-refractivity contribution in [2.24, 2.45) is 0 Å². The van der Waals surface area contributed by atoms with Gasteiger partial charge in [-0.2, -0.15) is 0 Å². The molecule has 0 heterocycles. The fraction of sp³-hybridized carbons (Fsp3) is 0.471. The van der Waals surface area contributed by atoms with E-state index in [0.29, 0.717) is 11.5 Å². The summed E-state index contributed by atoms with van der Waals surface area (Å²) in [5.41, 5.74) is 4.75. The first-order valence-corrected chi connectivity index (χ1v) is 14.4. The third kappa shape index (κ3) is 8.69. The van der Waals surface area contributed by atoms with E-state index in [2.05, 4.69) is 37.4 Å². The molecule has 0 bridgehead atoms. The Morgan fingerprint density at radius 2 is 1.14 bits per heavy atom. The summed E-state index contributed by atoms with van der Waals surface area (Å²) < 4.78 is 21.7. The summed E-state index contributed by atoms with van der Waals surface area (Å²) >= 11 is 0. The monoisotopic (exact) mass is 580 g/mol. The van der Waals surface area contributed by atoms with E-state index in [9.17, 15) is 19.8 Å². The van der Waals surface area contributed by atoms with Gasteiger partial charge in [-0.3, -0.25) is 0 Å². The number of carbonyl (C=O) groups excluding carboxylic acids is 2. The third-order valence-corrected chi connectivity index (χ3v) is 7.54. The van der Waals surface area contributed by atoms with Crippen LogP contribution in [0.5, 0.6) is 11.5 Å². The molecule has 228 valence electrons. The van der Waals surface area contributed by atoms with Crippen LogP contribution in [0.15, 0.2) is 60.7 Å². The second-order valence-electron chi connectivity index (χ2n) is 11.3. The molecule has 1 saturated carbocycles. The SMILES string of the molecule is C=C(C)C(=O)OCC(O)COc1ccc(C2(c3ccc(OCC(O)COC(=O)C(=C)C)c(C)c3)CCCCC2)cc1C. The predicted molar refractivity (Wildman–Crippen MR) is 161 cm³/mol. The number of aryl methyl sites for hydroxylation is 2. The minimum absolute atomic E-state index is 0.000480. The maximum atomic E-state index is 11.6. The van der Waals surface area contributed by atoms with Crippen molar-refractivity contribution in [3.05, 3.63) is 83.0 Å². The summed E-state index contributed by atoms with van der Waals surface area (Å²) in [4.78, 5) is 23.1. The number of aliphatic hydroxyl groups is 2. The highest BCUT2D eigenvalue weighted by molar-refractivity contribution is 5.87. The molecule has 1 fully saturated rings. The fourth-order valence-corrected chi connectivity index (χ4v) is 5.18. The highest BCUT2D eigenvalue weighted by Gasteiger charge is 2.36. The van der Waals surface area contributed by atoms with Crippen LogP contribution < -0.4 is 9.47 Å². The van der Waals surface area contributed by atoms with Gasteiger partial charge in [0, 0.05) is 16.6 Å². The lowest BCUT2D eigenvalue weighted by molar-refractivity contribution is -0.143. The van der Waals surface area contributed by atoms with Gasteiger partial charge in [0.25, 0.3) is 0 Å². The van der Waals surface area contributed by atoms with E-state index in [1.54, 1.807) is 13.8 Å². The number of hydrogen-bond acceptors (Lipinski definition) is 8. The van der Waals surface area contributed by atoms with Crippen LogP contribution in [0.1, 0.15) is 68.2 Å². The smallest absolute Gasteiger partial charge is 0.333 e. The summed E-state index contributed by atoms with van der Waals surface area (Å²) in [5.74, 6) is 0.257. The van der Waals surface area contributed by atoms with Crippen LogP contribution in [-0.4, -0.2) is 60.8 Å². The van der Waals surface area contributed by atoms with Crippen molar-refractivity contribution in [2.45, 2.75) is 77.4 Å². The summed E-state index contributed by atoms with van der Waals surface area (Å²) in [6.07, 6.45) is 3.58. The Balaban J connectivity index is 1.70. The fourth-order valence-electron chi connectivity index (χ4n) is 5.18. The van der Waals surface area contributed by atoms with Crippen molar-refractivity contribution in [2.75, 3.05) is 26.4 Å². The first-order valence-electron chi connectivity index (χ1n) is 14.4. The molecule has 0 aromatic heterocycles. The van der Waals surface area contributed by atoms with Crippen LogP contribution in [0.2, 0.25) is 0 Å². The van der Waals surface area contributed by atoms with Crippen LogP contribution in [0.4, 0.5) is 0 Å². The summed E-state index contributed by atoms with van der Waals surface area (Å²) in [5, 5.41) is 20.4. The van der Waals surface area contributed by atoms with E-state index < -0.39 is 24.1 Å². The van der Waals surface area contributed by atoms with Gasteiger partial charge in [-0.1, -0.05) is 56.7 Å². The number of carbonyl (C=O) groups is 2. The largest absolute Gasteiger partial charge is 0.490 e. The quantitative estimate of drug-likeness (QED) is 0.230. The van der Waals surface area contributed by atoms with Crippen LogP contribution >= 0.6 is 0 Å². The number of ether oxygens (including phenoxy) is 4. The van der Waals surface area contributed by atoms with E-state index >= 15 is 0 Å². The van der Waals surface area contributed by atoms with Crippen molar-refractivity contribution in [1.29, 1.82) is 0 Å². The second kappa shape index (κ2) is 15.0. The van der Waals surface area contributed by atoms with Gasteiger partial charge in [0.2, 0.25) is 0 Å². The number of rotatable bonds is 14. The highest BCUT2D eigenvalue weighted by Crippen LogP contribution is 2.46. The Labute approximate surface area is 248 Å². The van der Waals surface area contributed by atoms with E-state index in [-0.39, 0.29) is 43.0 Å². The van der Waals surface area contributed by atoms with Gasteiger partial charge < -0.3 is 29.2 Å². The molecule has 0 saturated heterocycles. The average Bonchev–Trinajstić information content (AvgIpc) is 2.97. The zero-order valence-electron chi connectivity index (χ0n) is 25.2. The van der Waals surface area contributed by atoms with Crippen molar-refractivity contribution >= 4 is 11.9 Å². The third-order valence-electron chi connectivity index (χ3n) is 7.54. The minimum atomic E-state index is -0.951. The topological polar surface area (TPSA) is 112 Å². The Morgan fingerprint density at radius 3 is 1.50 bits per heavy atom. The van der Waals surface area contributed by atoms with Crippen molar-refractivity contribution < 1.29 is 38.7 Å². The number of benzene rings is 2. The minimum Gasteiger partial charge on any atom is -0.490 e. The van der Waals surface area contributed by atoms with Gasteiger partial charge >= 0.3 is 11.9 Å². The molecule has 3 rings (SSSR count). The van der Waals surface area contributed by atoms with Crippen molar-refractivity contribution in [3.63, 3.8) is 0 Å². The molecule has 8 heteroatoms. The zero-order chi connectivity index (χ0) is 30.9. The summed E-state index contributed by atoms with van der Waals surface area (Å²) in [7, 11) is 0. The Kier molecular flexibility index (Phi) is 11.8. The van der Waals surface area contributed by atoms with Gasteiger partial charge in [0.15, 0.2) is 0 Å². The molecule has 2 atom stereocenters. The molecule has 2 aromatic rings. The lowest BCUT2D eigenvalue weighted by Gasteiger charge is -2.39.